The van der Waals surface area contributed by atoms with Crippen LogP contribution in [-0.2, 0) is 0 Å². The molecule has 0 N–H and O–H groups in total. The number of rotatable bonds is 2. The zero-order valence-corrected chi connectivity index (χ0v) is 26.3. The molecule has 7 aromatic carbocycles. The van der Waals surface area contributed by atoms with Crippen molar-refractivity contribution in [2.45, 2.75) is 0 Å². The van der Waals surface area contributed by atoms with Gasteiger partial charge in [-0.05, 0) is 66.7 Å². The van der Waals surface area contributed by atoms with E-state index >= 15 is 0 Å². The normalized spacial score (nSPS) is 13.2. The largest absolute Gasteiger partial charge is 0.458 e. The van der Waals surface area contributed by atoms with Gasteiger partial charge in [0.25, 0.3) is 6.71 Å². The maximum atomic E-state index is 9.53. The van der Waals surface area contributed by atoms with E-state index in [1.165, 1.54) is 10.8 Å². The highest BCUT2D eigenvalue weighted by atomic mass is 16.5. The zero-order chi connectivity index (χ0) is 32.7. The third-order valence-electron chi connectivity index (χ3n) is 10.6. The number of hydrogen-bond donors (Lipinski definition) is 0. The number of para-hydroxylation sites is 2. The van der Waals surface area contributed by atoms with E-state index in [-0.39, 0.29) is 6.71 Å². The van der Waals surface area contributed by atoms with Gasteiger partial charge in [0.15, 0.2) is 0 Å². The van der Waals surface area contributed by atoms with Gasteiger partial charge in [0.1, 0.15) is 34.5 Å². The lowest BCUT2D eigenvalue weighted by Crippen LogP contribution is -2.59. The number of nitriles is 1. The SMILES string of the molecule is N#Cc1ccc(-n2c3ccccc3c3ccc4c(c5ccccc5n4-c4cc5c6c(c4)Oc4cccc7c4B6c4c(cccc4O5)O7)c32)cc1. The molecule has 6 nitrogen and oxygen atoms in total. The van der Waals surface area contributed by atoms with Crippen molar-refractivity contribution in [3.05, 3.63) is 139 Å². The maximum Gasteiger partial charge on any atom is 0.270 e. The van der Waals surface area contributed by atoms with Crippen LogP contribution in [0.2, 0.25) is 0 Å². The van der Waals surface area contributed by atoms with Gasteiger partial charge in [-0.1, -0.05) is 54.6 Å². The Bertz CT molecular complexity index is 2960. The average Bonchev–Trinajstić information content (AvgIpc) is 3.68. The Morgan fingerprint density at radius 2 is 1.02 bits per heavy atom. The molecule has 0 unspecified atom stereocenters. The topological polar surface area (TPSA) is 61.3 Å². The molecule has 0 radical (unpaired) electrons. The van der Waals surface area contributed by atoms with Gasteiger partial charge in [0, 0.05) is 55.8 Å². The number of benzene rings is 7. The van der Waals surface area contributed by atoms with Crippen molar-refractivity contribution in [1.29, 1.82) is 5.26 Å². The lowest BCUT2D eigenvalue weighted by Gasteiger charge is -2.37. The van der Waals surface area contributed by atoms with Gasteiger partial charge in [-0.2, -0.15) is 5.26 Å². The summed E-state index contributed by atoms with van der Waals surface area (Å²) in [6.07, 6.45) is 0. The second-order valence-corrected chi connectivity index (χ2v) is 13.2. The first-order valence-corrected chi connectivity index (χ1v) is 16.7. The number of fused-ring (bicyclic) bond motifs is 7. The van der Waals surface area contributed by atoms with Crippen molar-refractivity contribution in [3.63, 3.8) is 0 Å². The molecule has 12 rings (SSSR count). The van der Waals surface area contributed by atoms with Crippen LogP contribution in [0.25, 0.3) is 55.0 Å². The first kappa shape index (κ1) is 26.1. The highest BCUT2D eigenvalue weighted by Crippen LogP contribution is 2.45. The number of hydrogen-bond acceptors (Lipinski definition) is 4. The molecule has 0 fully saturated rings. The first-order valence-electron chi connectivity index (χ1n) is 16.7. The van der Waals surface area contributed by atoms with Crippen LogP contribution in [0.15, 0.2) is 133 Å². The molecule has 5 heterocycles. The van der Waals surface area contributed by atoms with E-state index in [1.807, 2.05) is 60.7 Å². The van der Waals surface area contributed by atoms with Gasteiger partial charge >= 0.3 is 0 Å². The fourth-order valence-electron chi connectivity index (χ4n) is 8.67. The molecule has 230 valence electrons. The Labute approximate surface area is 285 Å². The van der Waals surface area contributed by atoms with Crippen molar-refractivity contribution < 1.29 is 14.2 Å². The summed E-state index contributed by atoms with van der Waals surface area (Å²) in [6.45, 7) is -0.0383. The lowest BCUT2D eigenvalue weighted by molar-refractivity contribution is 0.442. The van der Waals surface area contributed by atoms with Gasteiger partial charge in [0.2, 0.25) is 0 Å². The fourth-order valence-corrected chi connectivity index (χ4v) is 8.67. The molecule has 50 heavy (non-hydrogen) atoms. The zero-order valence-electron chi connectivity index (χ0n) is 26.3. The molecule has 0 amide bonds. The monoisotopic (exact) mass is 639 g/mol. The minimum atomic E-state index is -0.0383. The van der Waals surface area contributed by atoms with Crippen LogP contribution < -0.4 is 30.6 Å². The van der Waals surface area contributed by atoms with E-state index in [0.717, 1.165) is 95.1 Å². The molecule has 2 aromatic heterocycles. The second-order valence-electron chi connectivity index (χ2n) is 13.2. The van der Waals surface area contributed by atoms with Gasteiger partial charge < -0.3 is 23.3 Å². The van der Waals surface area contributed by atoms with Gasteiger partial charge in [0.05, 0.1) is 39.4 Å². The van der Waals surface area contributed by atoms with Gasteiger partial charge in [-0.3, -0.25) is 0 Å². The summed E-state index contributed by atoms with van der Waals surface area (Å²) in [4.78, 5) is 0. The third kappa shape index (κ3) is 3.18. The fraction of sp³-hybridized carbons (Fsp3) is 0. The Morgan fingerprint density at radius 1 is 0.460 bits per heavy atom. The van der Waals surface area contributed by atoms with Crippen LogP contribution in [0.5, 0.6) is 34.5 Å². The quantitative estimate of drug-likeness (QED) is 0.178. The van der Waals surface area contributed by atoms with Crippen molar-refractivity contribution in [2.24, 2.45) is 0 Å². The molecule has 9 aromatic rings. The summed E-state index contributed by atoms with van der Waals surface area (Å²) in [6, 6.07) is 48.1. The van der Waals surface area contributed by atoms with Crippen molar-refractivity contribution in [3.8, 4) is 51.9 Å². The highest BCUT2D eigenvalue weighted by Gasteiger charge is 2.46. The molecule has 0 saturated carbocycles. The summed E-state index contributed by atoms with van der Waals surface area (Å²) in [5.41, 5.74) is 10.1. The standard InChI is InChI=1S/C43H22BN3O3/c45-23-24-15-17-25(18-16-24)47-30-9-3-1-7-27(30)28-19-20-32-39(43(28)47)29-8-2-4-10-31(29)46(32)26-21-37-42-38(22-26)50-36-14-6-12-34-41(36)44(42)40-33(48-34)11-5-13-35(40)49-37/h1-22H. The first-order chi connectivity index (χ1) is 24.7. The van der Waals surface area contributed by atoms with Gasteiger partial charge in [-0.25, -0.2) is 0 Å². The minimum Gasteiger partial charge on any atom is -0.458 e. The van der Waals surface area contributed by atoms with Crippen LogP contribution in [0.4, 0.5) is 0 Å². The van der Waals surface area contributed by atoms with Crippen LogP contribution in [0.1, 0.15) is 5.56 Å². The Morgan fingerprint density at radius 3 is 1.66 bits per heavy atom. The molecular formula is C43H22BN3O3. The summed E-state index contributed by atoms with van der Waals surface area (Å²) in [7, 11) is 0. The molecule has 0 saturated heterocycles. The van der Waals surface area contributed by atoms with E-state index in [0.29, 0.717) is 5.56 Å². The van der Waals surface area contributed by atoms with Gasteiger partial charge in [-0.15, -0.1) is 0 Å². The van der Waals surface area contributed by atoms with Crippen LogP contribution in [0.3, 0.4) is 0 Å². The van der Waals surface area contributed by atoms with Crippen molar-refractivity contribution in [2.75, 3.05) is 0 Å². The predicted octanol–water partition coefficient (Wildman–Crippen LogP) is 8.59. The molecule has 3 aliphatic heterocycles. The highest BCUT2D eigenvalue weighted by molar-refractivity contribution is 6.99. The molecule has 3 aliphatic rings. The molecule has 0 aliphatic carbocycles. The van der Waals surface area contributed by atoms with E-state index < -0.39 is 0 Å². The Balaban J connectivity index is 1.17. The molecular weight excluding hydrogens is 617 g/mol. The molecule has 0 atom stereocenters. The van der Waals surface area contributed by atoms with E-state index in [1.54, 1.807) is 0 Å². The molecule has 7 heteroatoms. The Kier molecular flexibility index (Phi) is 4.78. The molecule has 0 bridgehead atoms. The van der Waals surface area contributed by atoms with E-state index in [2.05, 4.69) is 88.0 Å². The molecule has 0 spiro atoms. The second kappa shape index (κ2) is 9.16. The number of aromatic nitrogens is 2. The van der Waals surface area contributed by atoms with Crippen molar-refractivity contribution in [1.82, 2.24) is 9.13 Å². The van der Waals surface area contributed by atoms with E-state index in [9.17, 15) is 5.26 Å². The smallest absolute Gasteiger partial charge is 0.270 e. The number of nitrogens with zero attached hydrogens (tertiary/aromatic N) is 3. The number of ether oxygens (including phenoxy) is 3. The van der Waals surface area contributed by atoms with E-state index in [4.69, 9.17) is 14.2 Å². The van der Waals surface area contributed by atoms with Crippen LogP contribution in [-0.4, -0.2) is 15.8 Å². The third-order valence-corrected chi connectivity index (χ3v) is 10.6. The van der Waals surface area contributed by atoms with Crippen LogP contribution in [0, 0.1) is 11.3 Å². The average molecular weight is 639 g/mol. The summed E-state index contributed by atoms with van der Waals surface area (Å²) < 4.78 is 24.5. The summed E-state index contributed by atoms with van der Waals surface area (Å²) in [5.74, 6) is 4.83. The maximum absolute atomic E-state index is 9.53. The lowest BCUT2D eigenvalue weighted by atomic mass is 9.34. The predicted molar refractivity (Wildman–Crippen MR) is 198 cm³/mol. The van der Waals surface area contributed by atoms with Crippen molar-refractivity contribution >= 4 is 66.7 Å². The minimum absolute atomic E-state index is 0.0383. The van der Waals surface area contributed by atoms with Crippen LogP contribution >= 0.6 is 0 Å². The summed E-state index contributed by atoms with van der Waals surface area (Å²) >= 11 is 0. The summed E-state index contributed by atoms with van der Waals surface area (Å²) in [5, 5.41) is 14.2. The Hall–Kier alpha value is -6.91.